The van der Waals surface area contributed by atoms with Crippen molar-refractivity contribution in [1.82, 2.24) is 5.32 Å². The number of carbonyl (C=O) groups is 1. The summed E-state index contributed by atoms with van der Waals surface area (Å²) in [5.41, 5.74) is 0. The van der Waals surface area contributed by atoms with Crippen LogP contribution in [0.2, 0.25) is 0 Å². The summed E-state index contributed by atoms with van der Waals surface area (Å²) in [7, 11) is 0. The Morgan fingerprint density at radius 2 is 2.45 bits per heavy atom. The molecule has 62 valence electrons. The van der Waals surface area contributed by atoms with Gasteiger partial charge in [0.05, 0.1) is 6.07 Å². The van der Waals surface area contributed by atoms with Crippen molar-refractivity contribution in [3.8, 4) is 6.07 Å². The van der Waals surface area contributed by atoms with Crippen molar-refractivity contribution in [2.75, 3.05) is 13.2 Å². The summed E-state index contributed by atoms with van der Waals surface area (Å²) in [4.78, 5) is 10.9. The summed E-state index contributed by atoms with van der Waals surface area (Å²) in [6, 6.07) is 1.81. The summed E-state index contributed by atoms with van der Waals surface area (Å²) in [5.74, 6) is -0.242. The Kier molecular flexibility index (Phi) is 5.13. The summed E-state index contributed by atoms with van der Waals surface area (Å²) in [6.45, 7) is 4.00. The van der Waals surface area contributed by atoms with Crippen LogP contribution < -0.4 is 5.32 Å². The van der Waals surface area contributed by atoms with E-state index in [2.05, 4.69) is 5.32 Å². The molecular formula is C7H12N2O2. The number of amides is 1. The highest BCUT2D eigenvalue weighted by Gasteiger charge is 2.10. The lowest BCUT2D eigenvalue weighted by molar-refractivity contribution is -0.131. The zero-order valence-electron chi connectivity index (χ0n) is 6.76. The first kappa shape index (κ1) is 9.92. The fourth-order valence-electron chi connectivity index (χ4n) is 0.596. The molecule has 1 N–H and O–H groups in total. The Labute approximate surface area is 66.1 Å². The van der Waals surface area contributed by atoms with E-state index in [0.29, 0.717) is 6.61 Å². The third kappa shape index (κ3) is 4.34. The van der Waals surface area contributed by atoms with E-state index in [-0.39, 0.29) is 12.5 Å². The average molecular weight is 156 g/mol. The molecule has 0 spiro atoms. The molecule has 1 amide bonds. The lowest BCUT2D eigenvalue weighted by atomic mass is 10.4. The molecule has 0 fully saturated rings. The molecule has 0 aliphatic carbocycles. The van der Waals surface area contributed by atoms with E-state index in [1.165, 1.54) is 0 Å². The third-order valence-electron chi connectivity index (χ3n) is 1.13. The van der Waals surface area contributed by atoms with E-state index in [1.54, 1.807) is 6.92 Å². The molecule has 0 saturated heterocycles. The number of nitrogens with zero attached hydrogens (tertiary/aromatic N) is 1. The quantitative estimate of drug-likeness (QED) is 0.585. The number of nitriles is 1. The SMILES string of the molecule is CCOC(C)C(=O)NCC#N. The highest BCUT2D eigenvalue weighted by molar-refractivity contribution is 5.80. The fourth-order valence-corrected chi connectivity index (χ4v) is 0.596. The van der Waals surface area contributed by atoms with Crippen molar-refractivity contribution >= 4 is 5.91 Å². The van der Waals surface area contributed by atoms with Gasteiger partial charge in [-0.15, -0.1) is 0 Å². The van der Waals surface area contributed by atoms with Crippen LogP contribution in [-0.4, -0.2) is 25.2 Å². The topological polar surface area (TPSA) is 62.1 Å². The number of rotatable bonds is 4. The maximum absolute atomic E-state index is 10.9. The summed E-state index contributed by atoms with van der Waals surface area (Å²) >= 11 is 0. The van der Waals surface area contributed by atoms with Gasteiger partial charge in [0, 0.05) is 6.61 Å². The smallest absolute Gasteiger partial charge is 0.249 e. The minimum atomic E-state index is -0.464. The van der Waals surface area contributed by atoms with Gasteiger partial charge in [-0.2, -0.15) is 5.26 Å². The van der Waals surface area contributed by atoms with E-state index in [4.69, 9.17) is 10.00 Å². The molecule has 1 atom stereocenters. The molecule has 0 saturated carbocycles. The molecule has 0 bridgehead atoms. The lowest BCUT2D eigenvalue weighted by Crippen LogP contribution is -2.34. The fraction of sp³-hybridized carbons (Fsp3) is 0.714. The standard InChI is InChI=1S/C7H12N2O2/c1-3-11-6(2)7(10)9-5-4-8/h6H,3,5H2,1-2H3,(H,9,10). The van der Waals surface area contributed by atoms with E-state index in [0.717, 1.165) is 0 Å². The predicted octanol–water partition coefficient (Wildman–Crippen LogP) is 0.0512. The Morgan fingerprint density at radius 1 is 1.82 bits per heavy atom. The molecule has 0 aliphatic rings. The zero-order valence-corrected chi connectivity index (χ0v) is 6.76. The normalized spacial score (nSPS) is 11.7. The number of hydrogen-bond acceptors (Lipinski definition) is 3. The van der Waals surface area contributed by atoms with E-state index < -0.39 is 6.10 Å². The van der Waals surface area contributed by atoms with Gasteiger partial charge >= 0.3 is 0 Å². The van der Waals surface area contributed by atoms with Gasteiger partial charge in [0.2, 0.25) is 5.91 Å². The van der Waals surface area contributed by atoms with Crippen molar-refractivity contribution in [1.29, 1.82) is 5.26 Å². The molecular weight excluding hydrogens is 144 g/mol. The summed E-state index contributed by atoms with van der Waals surface area (Å²) in [6.07, 6.45) is -0.464. The Hall–Kier alpha value is -1.08. The van der Waals surface area contributed by atoms with Gasteiger partial charge in [-0.1, -0.05) is 0 Å². The van der Waals surface area contributed by atoms with Crippen molar-refractivity contribution in [2.45, 2.75) is 20.0 Å². The van der Waals surface area contributed by atoms with Crippen molar-refractivity contribution in [3.05, 3.63) is 0 Å². The van der Waals surface area contributed by atoms with Crippen LogP contribution in [0.1, 0.15) is 13.8 Å². The molecule has 0 heterocycles. The molecule has 0 aromatic carbocycles. The molecule has 0 rings (SSSR count). The van der Waals surface area contributed by atoms with Crippen LogP contribution in [0.15, 0.2) is 0 Å². The summed E-state index contributed by atoms with van der Waals surface area (Å²) in [5, 5.41) is 10.5. The van der Waals surface area contributed by atoms with E-state index in [9.17, 15) is 4.79 Å². The summed E-state index contributed by atoms with van der Waals surface area (Å²) < 4.78 is 4.98. The first-order valence-electron chi connectivity index (χ1n) is 3.48. The van der Waals surface area contributed by atoms with E-state index in [1.807, 2.05) is 13.0 Å². The van der Waals surface area contributed by atoms with Gasteiger partial charge < -0.3 is 10.1 Å². The van der Waals surface area contributed by atoms with Crippen LogP contribution in [0.5, 0.6) is 0 Å². The third-order valence-corrected chi connectivity index (χ3v) is 1.13. The molecule has 11 heavy (non-hydrogen) atoms. The van der Waals surface area contributed by atoms with Crippen molar-refractivity contribution < 1.29 is 9.53 Å². The van der Waals surface area contributed by atoms with Crippen LogP contribution in [-0.2, 0) is 9.53 Å². The number of ether oxygens (including phenoxy) is 1. The lowest BCUT2D eigenvalue weighted by Gasteiger charge is -2.09. The monoisotopic (exact) mass is 156 g/mol. The van der Waals surface area contributed by atoms with Crippen LogP contribution >= 0.6 is 0 Å². The van der Waals surface area contributed by atoms with E-state index >= 15 is 0 Å². The molecule has 1 unspecified atom stereocenters. The minimum Gasteiger partial charge on any atom is -0.369 e. The Bertz CT molecular complexity index is 162. The van der Waals surface area contributed by atoms with Gasteiger partial charge in [0.15, 0.2) is 0 Å². The highest BCUT2D eigenvalue weighted by Crippen LogP contribution is 1.88. The van der Waals surface area contributed by atoms with Gasteiger partial charge in [-0.3, -0.25) is 4.79 Å². The highest BCUT2D eigenvalue weighted by atomic mass is 16.5. The predicted molar refractivity (Wildman–Crippen MR) is 39.7 cm³/mol. The molecule has 4 heteroatoms. The maximum atomic E-state index is 10.9. The van der Waals surface area contributed by atoms with Crippen LogP contribution in [0.3, 0.4) is 0 Å². The van der Waals surface area contributed by atoms with Crippen molar-refractivity contribution in [2.24, 2.45) is 0 Å². The largest absolute Gasteiger partial charge is 0.369 e. The van der Waals surface area contributed by atoms with Crippen LogP contribution in [0.25, 0.3) is 0 Å². The zero-order chi connectivity index (χ0) is 8.69. The second-order valence-electron chi connectivity index (χ2n) is 1.97. The second-order valence-corrected chi connectivity index (χ2v) is 1.97. The first-order valence-corrected chi connectivity index (χ1v) is 3.48. The molecule has 0 aliphatic heterocycles. The van der Waals surface area contributed by atoms with Gasteiger partial charge in [0.25, 0.3) is 0 Å². The number of hydrogen-bond donors (Lipinski definition) is 1. The minimum absolute atomic E-state index is 0.0379. The molecule has 0 aromatic rings. The van der Waals surface area contributed by atoms with Crippen LogP contribution in [0.4, 0.5) is 0 Å². The van der Waals surface area contributed by atoms with Gasteiger partial charge in [-0.05, 0) is 13.8 Å². The second kappa shape index (κ2) is 5.69. The molecule has 4 nitrogen and oxygen atoms in total. The number of nitrogens with one attached hydrogen (secondary N) is 1. The molecule has 0 radical (unpaired) electrons. The van der Waals surface area contributed by atoms with Gasteiger partial charge in [0.1, 0.15) is 12.6 Å². The average Bonchev–Trinajstić information content (AvgIpc) is 2.00. The van der Waals surface area contributed by atoms with Crippen LogP contribution in [0, 0.1) is 11.3 Å². The number of carbonyl (C=O) groups excluding carboxylic acids is 1. The molecule has 0 aromatic heterocycles. The Morgan fingerprint density at radius 3 is 2.91 bits per heavy atom. The Balaban J connectivity index is 3.57. The van der Waals surface area contributed by atoms with Gasteiger partial charge in [-0.25, -0.2) is 0 Å². The maximum Gasteiger partial charge on any atom is 0.249 e. The van der Waals surface area contributed by atoms with Crippen molar-refractivity contribution in [3.63, 3.8) is 0 Å². The first-order chi connectivity index (χ1) is 5.22.